The van der Waals surface area contributed by atoms with Crippen LogP contribution in [0.5, 0.6) is 0 Å². The van der Waals surface area contributed by atoms with Crippen LogP contribution in [0, 0.1) is 22.0 Å². The van der Waals surface area contributed by atoms with Crippen LogP contribution in [-0.4, -0.2) is 21.1 Å². The first-order chi connectivity index (χ1) is 11.5. The Morgan fingerprint density at radius 1 is 1.42 bits per heavy atom. The van der Waals surface area contributed by atoms with Gasteiger partial charge >= 0.3 is 0 Å². The first-order valence-electron chi connectivity index (χ1n) is 8.15. The van der Waals surface area contributed by atoms with E-state index in [0.717, 1.165) is 17.9 Å². The van der Waals surface area contributed by atoms with Crippen LogP contribution in [0.1, 0.15) is 26.7 Å². The number of hydrogen-bond acceptors (Lipinski definition) is 3. The fourth-order valence-corrected chi connectivity index (χ4v) is 4.28. The summed E-state index contributed by atoms with van der Waals surface area (Å²) in [6, 6.07) is 7.57. The van der Waals surface area contributed by atoms with Crippen molar-refractivity contribution in [3.8, 4) is 11.4 Å². The fraction of sp³-hybridized carbons (Fsp3) is 0.389. The normalized spacial score (nSPS) is 24.7. The molecule has 3 aliphatic rings. The minimum absolute atomic E-state index is 0.375. The molecule has 2 aromatic rings. The van der Waals surface area contributed by atoms with E-state index in [1.807, 2.05) is 30.5 Å². The summed E-state index contributed by atoms with van der Waals surface area (Å²) in [6.07, 6.45) is 6.65. The molecule has 0 spiro atoms. The molecule has 0 unspecified atom stereocenters. The van der Waals surface area contributed by atoms with Crippen LogP contribution >= 0.6 is 23.8 Å². The predicted molar refractivity (Wildman–Crippen MR) is 99.8 cm³/mol. The van der Waals surface area contributed by atoms with Gasteiger partial charge in [-0.25, -0.2) is 5.10 Å². The van der Waals surface area contributed by atoms with E-state index in [4.69, 9.17) is 23.8 Å². The van der Waals surface area contributed by atoms with E-state index in [1.54, 1.807) is 4.68 Å². The number of hydrogen-bond donors (Lipinski definition) is 1. The number of rotatable bonds is 3. The van der Waals surface area contributed by atoms with Crippen molar-refractivity contribution in [1.29, 1.82) is 0 Å². The van der Waals surface area contributed by atoms with Crippen molar-refractivity contribution in [2.45, 2.75) is 26.7 Å². The first-order valence-corrected chi connectivity index (χ1v) is 8.94. The number of aromatic amines is 1. The molecule has 1 aromatic carbocycles. The van der Waals surface area contributed by atoms with Crippen molar-refractivity contribution in [1.82, 2.24) is 14.9 Å². The molecule has 2 atom stereocenters. The highest BCUT2D eigenvalue weighted by molar-refractivity contribution is 7.71. The van der Waals surface area contributed by atoms with Gasteiger partial charge in [-0.3, -0.25) is 0 Å². The number of nitrogens with zero attached hydrogens (tertiary/aromatic N) is 3. The molecule has 0 radical (unpaired) electrons. The number of H-pyrrole nitrogens is 1. The molecule has 0 saturated heterocycles. The number of allylic oxidation sites excluding steroid dienone is 2. The Morgan fingerprint density at radius 2 is 2.21 bits per heavy atom. The minimum Gasteiger partial charge on any atom is -0.250 e. The van der Waals surface area contributed by atoms with Gasteiger partial charge in [0.1, 0.15) is 0 Å². The van der Waals surface area contributed by atoms with Gasteiger partial charge in [0.25, 0.3) is 0 Å². The van der Waals surface area contributed by atoms with E-state index in [0.29, 0.717) is 27.0 Å². The third-order valence-electron chi connectivity index (χ3n) is 5.60. The maximum absolute atomic E-state index is 6.29. The molecule has 4 nitrogen and oxygen atoms in total. The van der Waals surface area contributed by atoms with Crippen LogP contribution in [0.15, 0.2) is 41.0 Å². The minimum atomic E-state index is 0.375. The number of nitrogens with one attached hydrogen (secondary N) is 1. The largest absolute Gasteiger partial charge is 0.250 e. The molecule has 1 N–H and O–H groups in total. The maximum Gasteiger partial charge on any atom is 0.216 e. The lowest BCUT2D eigenvalue weighted by Gasteiger charge is -2.55. The molecule has 3 aliphatic carbocycles. The SMILES string of the molecule is CC1(C)[C@H]2CC=C(/C=N\n3c(-c4ccccc4Cl)n[nH]c3=S)[C@@H]1C2. The molecule has 6 heteroatoms. The molecular weight excluding hydrogens is 340 g/mol. The Morgan fingerprint density at radius 3 is 2.92 bits per heavy atom. The molecule has 2 bridgehead atoms. The lowest BCUT2D eigenvalue weighted by atomic mass is 9.49. The Kier molecular flexibility index (Phi) is 3.73. The number of halogens is 1. The summed E-state index contributed by atoms with van der Waals surface area (Å²) >= 11 is 11.6. The van der Waals surface area contributed by atoms with Crippen LogP contribution in [0.2, 0.25) is 5.02 Å². The van der Waals surface area contributed by atoms with Crippen LogP contribution in [0.3, 0.4) is 0 Å². The van der Waals surface area contributed by atoms with E-state index >= 15 is 0 Å². The van der Waals surface area contributed by atoms with Crippen molar-refractivity contribution in [3.05, 3.63) is 45.7 Å². The lowest BCUT2D eigenvalue weighted by molar-refractivity contribution is -0.00126. The molecule has 24 heavy (non-hydrogen) atoms. The predicted octanol–water partition coefficient (Wildman–Crippen LogP) is 5.09. The van der Waals surface area contributed by atoms with Gasteiger partial charge in [-0.15, -0.1) is 0 Å². The molecule has 5 rings (SSSR count). The Bertz CT molecular complexity index is 906. The van der Waals surface area contributed by atoms with Crippen molar-refractivity contribution < 1.29 is 0 Å². The van der Waals surface area contributed by atoms with E-state index in [9.17, 15) is 0 Å². The van der Waals surface area contributed by atoms with Crippen molar-refractivity contribution in [2.75, 3.05) is 0 Å². The quantitative estimate of drug-likeness (QED) is 0.613. The summed E-state index contributed by atoms with van der Waals surface area (Å²) in [7, 11) is 0. The van der Waals surface area contributed by atoms with Gasteiger partial charge in [0.2, 0.25) is 4.77 Å². The van der Waals surface area contributed by atoms with Crippen molar-refractivity contribution in [2.24, 2.45) is 22.4 Å². The zero-order chi connectivity index (χ0) is 16.9. The van der Waals surface area contributed by atoms with Gasteiger partial charge in [-0.2, -0.15) is 14.9 Å². The van der Waals surface area contributed by atoms with Gasteiger partial charge < -0.3 is 0 Å². The number of benzene rings is 1. The molecule has 124 valence electrons. The topological polar surface area (TPSA) is 46.0 Å². The van der Waals surface area contributed by atoms with E-state index in [-0.39, 0.29) is 0 Å². The molecule has 1 saturated carbocycles. The molecule has 1 fully saturated rings. The fourth-order valence-electron chi connectivity index (χ4n) is 3.88. The highest BCUT2D eigenvalue weighted by Gasteiger charge is 2.50. The van der Waals surface area contributed by atoms with Gasteiger partial charge in [-0.05, 0) is 60.0 Å². The second-order valence-corrected chi connectivity index (χ2v) is 7.93. The van der Waals surface area contributed by atoms with Crippen molar-refractivity contribution in [3.63, 3.8) is 0 Å². The van der Waals surface area contributed by atoms with Crippen molar-refractivity contribution >= 4 is 30.0 Å². The average molecular weight is 359 g/mol. The molecule has 1 aromatic heterocycles. The van der Waals surface area contributed by atoms with Crippen LogP contribution in [0.4, 0.5) is 0 Å². The Hall–Kier alpha value is -1.72. The van der Waals surface area contributed by atoms with Gasteiger partial charge in [0.05, 0.1) is 11.2 Å². The summed E-state index contributed by atoms with van der Waals surface area (Å²) in [6.45, 7) is 4.71. The second kappa shape index (κ2) is 5.67. The smallest absolute Gasteiger partial charge is 0.216 e. The van der Waals surface area contributed by atoms with Gasteiger partial charge in [0, 0.05) is 5.56 Å². The van der Waals surface area contributed by atoms with Crippen LogP contribution in [-0.2, 0) is 0 Å². The lowest BCUT2D eigenvalue weighted by Crippen LogP contribution is -2.48. The Labute approximate surface area is 151 Å². The summed E-state index contributed by atoms with van der Waals surface area (Å²) in [5.41, 5.74) is 2.49. The van der Waals surface area contributed by atoms with E-state index in [2.05, 4.69) is 35.2 Å². The van der Waals surface area contributed by atoms with Crippen LogP contribution < -0.4 is 0 Å². The zero-order valence-corrected chi connectivity index (χ0v) is 15.2. The van der Waals surface area contributed by atoms with E-state index in [1.165, 1.54) is 12.0 Å². The summed E-state index contributed by atoms with van der Waals surface area (Å²) < 4.78 is 2.11. The van der Waals surface area contributed by atoms with Gasteiger partial charge in [0.15, 0.2) is 5.82 Å². The molecular formula is C18H19ClN4S. The summed E-state index contributed by atoms with van der Waals surface area (Å²) in [4.78, 5) is 0. The highest BCUT2D eigenvalue weighted by Crippen LogP contribution is 2.58. The number of fused-ring (bicyclic) bond motifs is 1. The summed E-state index contributed by atoms with van der Waals surface area (Å²) in [5, 5.41) is 12.4. The van der Waals surface area contributed by atoms with E-state index < -0.39 is 0 Å². The maximum atomic E-state index is 6.29. The Balaban J connectivity index is 1.69. The zero-order valence-electron chi connectivity index (χ0n) is 13.7. The molecule has 0 amide bonds. The summed E-state index contributed by atoms with van der Waals surface area (Å²) in [5.74, 6) is 2.03. The monoisotopic (exact) mass is 358 g/mol. The average Bonchev–Trinajstić information content (AvgIpc) is 2.94. The third-order valence-corrected chi connectivity index (χ3v) is 6.19. The number of aromatic nitrogens is 3. The second-order valence-electron chi connectivity index (χ2n) is 7.13. The standard InChI is InChI=1S/C18H19ClN4S/c1-18(2)12-8-7-11(14(18)9-12)10-20-23-16(21-22-17(23)24)13-5-3-4-6-15(13)19/h3-7,10,12,14H,8-9H2,1-2H3,(H,22,24)/b20-10-/t12-,14-/m0/s1. The molecule has 0 aliphatic heterocycles. The molecule has 1 heterocycles. The third kappa shape index (κ3) is 2.38. The highest BCUT2D eigenvalue weighted by atomic mass is 35.5. The van der Waals surface area contributed by atoms with Gasteiger partial charge in [-0.1, -0.05) is 43.7 Å². The first kappa shape index (κ1) is 15.8. The van der Waals surface area contributed by atoms with Crippen LogP contribution in [0.25, 0.3) is 11.4 Å².